The van der Waals surface area contributed by atoms with Gasteiger partial charge in [-0.1, -0.05) is 59.9 Å². The van der Waals surface area contributed by atoms with E-state index >= 15 is 0 Å². The summed E-state index contributed by atoms with van der Waals surface area (Å²) in [6.07, 6.45) is 0. The molecule has 8 heteroatoms. The fraction of sp³-hybridized carbons (Fsp3) is 0.138. The maximum absolute atomic E-state index is 13.4. The molecular weight excluding hydrogens is 506 g/mol. The number of thiazole rings is 1. The van der Waals surface area contributed by atoms with E-state index in [0.29, 0.717) is 16.8 Å². The van der Waals surface area contributed by atoms with Crippen LogP contribution in [0, 0.1) is 13.8 Å². The predicted molar refractivity (Wildman–Crippen MR) is 148 cm³/mol. The van der Waals surface area contributed by atoms with Crippen molar-refractivity contribution in [1.82, 2.24) is 9.38 Å². The molecule has 37 heavy (non-hydrogen) atoms. The first-order valence-corrected chi connectivity index (χ1v) is 13.2. The van der Waals surface area contributed by atoms with E-state index in [2.05, 4.69) is 0 Å². The topological polar surface area (TPSA) is 67.8 Å². The maximum Gasteiger partial charge on any atom is 0.345 e. The van der Waals surface area contributed by atoms with E-state index in [-0.39, 0.29) is 5.91 Å². The van der Waals surface area contributed by atoms with Gasteiger partial charge in [-0.25, -0.2) is 9.78 Å². The lowest BCUT2D eigenvalue weighted by Gasteiger charge is -2.45. The van der Waals surface area contributed by atoms with Crippen LogP contribution in [0.5, 0.6) is 0 Å². The van der Waals surface area contributed by atoms with Crippen LogP contribution in [0.15, 0.2) is 82.0 Å². The summed E-state index contributed by atoms with van der Waals surface area (Å²) >= 11 is 8.19. The lowest BCUT2D eigenvalue weighted by molar-refractivity contribution is -0.123. The number of carbonyl (C=O) groups excluding carboxylic acids is 1. The summed E-state index contributed by atoms with van der Waals surface area (Å²) in [5.41, 5.74) is 5.66. The van der Waals surface area contributed by atoms with Crippen molar-refractivity contribution >= 4 is 61.5 Å². The zero-order valence-corrected chi connectivity index (χ0v) is 21.5. The molecule has 4 heterocycles. The van der Waals surface area contributed by atoms with Crippen molar-refractivity contribution < 1.29 is 9.21 Å². The lowest BCUT2D eigenvalue weighted by atomic mass is 9.93. The Kier molecular flexibility index (Phi) is 4.83. The number of β-lactam (4-membered cyclic amide) rings is 1. The molecule has 0 bridgehead atoms. The highest BCUT2D eigenvalue weighted by molar-refractivity contribution is 7.17. The number of aromatic nitrogens is 2. The Bertz CT molecular complexity index is 1930. The maximum atomic E-state index is 13.4. The standard InChI is InChI=1S/C29H20ClN3O3S/c1-15-8-7-9-16(2)23(15)33-25(22(30)27(33)34)26-24(18-14-17-10-3-6-13-21(17)36-28(18)35)32-20-12-5-4-11-19(20)31-29(32)37-26/h3-14,22,25H,1-2H3. The van der Waals surface area contributed by atoms with E-state index in [9.17, 15) is 9.59 Å². The smallest absolute Gasteiger partial charge is 0.345 e. The fourth-order valence-corrected chi connectivity index (χ4v) is 7.07. The summed E-state index contributed by atoms with van der Waals surface area (Å²) in [7, 11) is 0. The predicted octanol–water partition coefficient (Wildman–Crippen LogP) is 6.63. The highest BCUT2D eigenvalue weighted by atomic mass is 35.5. The van der Waals surface area contributed by atoms with Gasteiger partial charge in [0.25, 0.3) is 0 Å². The molecule has 6 aromatic rings. The number of fused-ring (bicyclic) bond motifs is 4. The summed E-state index contributed by atoms with van der Waals surface area (Å²) in [5.74, 6) is -0.156. The molecule has 182 valence electrons. The quantitative estimate of drug-likeness (QED) is 0.148. The second kappa shape index (κ2) is 8.03. The van der Waals surface area contributed by atoms with Crippen molar-refractivity contribution in [3.05, 3.63) is 99.2 Å². The Morgan fingerprint density at radius 3 is 2.49 bits per heavy atom. The lowest BCUT2D eigenvalue weighted by Crippen LogP contribution is -2.57. The first-order valence-electron chi connectivity index (χ1n) is 11.9. The fourth-order valence-electron chi connectivity index (χ4n) is 5.36. The van der Waals surface area contributed by atoms with Crippen molar-refractivity contribution in [2.75, 3.05) is 4.90 Å². The normalized spacial score (nSPS) is 17.7. The van der Waals surface area contributed by atoms with Crippen molar-refractivity contribution in [3.63, 3.8) is 0 Å². The number of hydrogen-bond acceptors (Lipinski definition) is 5. The van der Waals surface area contributed by atoms with Crippen LogP contribution in [0.4, 0.5) is 5.69 Å². The number of imidazole rings is 1. The Balaban J connectivity index is 1.55. The molecule has 6 nitrogen and oxygen atoms in total. The van der Waals surface area contributed by atoms with Gasteiger partial charge >= 0.3 is 5.63 Å². The third-order valence-corrected chi connectivity index (χ3v) is 8.60. The average Bonchev–Trinajstić information content (AvgIpc) is 3.43. The molecule has 0 radical (unpaired) electrons. The van der Waals surface area contributed by atoms with Gasteiger partial charge in [-0.3, -0.25) is 9.20 Å². The number of para-hydroxylation sites is 4. The van der Waals surface area contributed by atoms with Crippen LogP contribution < -0.4 is 10.5 Å². The molecule has 0 saturated carbocycles. The number of benzene rings is 3. The molecule has 3 aromatic carbocycles. The molecular formula is C29H20ClN3O3S. The molecule has 3 aromatic heterocycles. The number of rotatable bonds is 3. The van der Waals surface area contributed by atoms with Gasteiger partial charge < -0.3 is 9.32 Å². The van der Waals surface area contributed by atoms with E-state index in [1.807, 2.05) is 85.0 Å². The number of hydrogen-bond donors (Lipinski definition) is 0. The SMILES string of the molecule is Cc1cccc(C)c1N1C(=O)C(Cl)C1c1sc2nc3ccccc3n2c1-c1cc2ccccc2oc1=O. The highest BCUT2D eigenvalue weighted by Crippen LogP contribution is 2.50. The molecule has 0 aliphatic carbocycles. The van der Waals surface area contributed by atoms with Crippen LogP contribution in [0.3, 0.4) is 0 Å². The average molecular weight is 526 g/mol. The number of aryl methyl sites for hydroxylation is 2. The second-order valence-electron chi connectivity index (χ2n) is 9.31. The van der Waals surface area contributed by atoms with Crippen molar-refractivity contribution in [1.29, 1.82) is 0 Å². The Hall–Kier alpha value is -3.94. The number of amides is 1. The van der Waals surface area contributed by atoms with Crippen molar-refractivity contribution in [2.24, 2.45) is 0 Å². The third-order valence-electron chi connectivity index (χ3n) is 7.06. The van der Waals surface area contributed by atoms with Gasteiger partial charge in [0.1, 0.15) is 11.0 Å². The second-order valence-corrected chi connectivity index (χ2v) is 10.8. The molecule has 0 spiro atoms. The number of halogens is 1. The van der Waals surface area contributed by atoms with Crippen LogP contribution in [0.25, 0.3) is 38.2 Å². The monoisotopic (exact) mass is 525 g/mol. The zero-order valence-electron chi connectivity index (χ0n) is 19.9. The Morgan fingerprint density at radius 2 is 1.68 bits per heavy atom. The van der Waals surface area contributed by atoms with E-state index in [1.54, 1.807) is 11.0 Å². The molecule has 1 aliphatic rings. The molecule has 1 saturated heterocycles. The van der Waals surface area contributed by atoms with Gasteiger partial charge in [0.15, 0.2) is 4.96 Å². The number of alkyl halides is 1. The van der Waals surface area contributed by atoms with Crippen LogP contribution in [-0.2, 0) is 4.79 Å². The van der Waals surface area contributed by atoms with E-state index in [0.717, 1.165) is 43.1 Å². The summed E-state index contributed by atoms with van der Waals surface area (Å²) < 4.78 is 7.73. The summed E-state index contributed by atoms with van der Waals surface area (Å²) in [4.78, 5) is 34.7. The van der Waals surface area contributed by atoms with Crippen LogP contribution >= 0.6 is 22.9 Å². The van der Waals surface area contributed by atoms with Crippen LogP contribution in [-0.4, -0.2) is 20.7 Å². The Labute approximate surface area is 220 Å². The highest BCUT2D eigenvalue weighted by Gasteiger charge is 2.51. The van der Waals surface area contributed by atoms with Crippen molar-refractivity contribution in [3.8, 4) is 11.3 Å². The number of carbonyl (C=O) groups is 1. The zero-order chi connectivity index (χ0) is 25.4. The van der Waals surface area contributed by atoms with Crippen LogP contribution in [0.2, 0.25) is 0 Å². The number of nitrogens with zero attached hydrogens (tertiary/aromatic N) is 3. The minimum absolute atomic E-state index is 0.156. The van der Waals surface area contributed by atoms with Gasteiger partial charge in [0, 0.05) is 5.39 Å². The summed E-state index contributed by atoms with van der Waals surface area (Å²) in [5, 5.41) is 0.0467. The van der Waals surface area contributed by atoms with Gasteiger partial charge in [-0.05, 0) is 49.2 Å². The van der Waals surface area contributed by atoms with Gasteiger partial charge in [0.05, 0.1) is 38.9 Å². The largest absolute Gasteiger partial charge is 0.422 e. The van der Waals surface area contributed by atoms with Crippen LogP contribution in [0.1, 0.15) is 22.0 Å². The van der Waals surface area contributed by atoms with E-state index in [1.165, 1.54) is 11.3 Å². The summed E-state index contributed by atoms with van der Waals surface area (Å²) in [6, 6.07) is 22.6. The molecule has 2 unspecified atom stereocenters. The van der Waals surface area contributed by atoms with Crippen molar-refractivity contribution in [2.45, 2.75) is 25.3 Å². The van der Waals surface area contributed by atoms with Gasteiger partial charge in [-0.15, -0.1) is 11.6 Å². The molecule has 1 amide bonds. The number of anilines is 1. The Morgan fingerprint density at radius 1 is 0.946 bits per heavy atom. The molecule has 2 atom stereocenters. The minimum atomic E-state index is -0.764. The first kappa shape index (κ1) is 22.3. The molecule has 7 rings (SSSR count). The first-order chi connectivity index (χ1) is 17.9. The van der Waals surface area contributed by atoms with E-state index < -0.39 is 17.0 Å². The third kappa shape index (κ3) is 3.14. The van der Waals surface area contributed by atoms with E-state index in [4.69, 9.17) is 21.0 Å². The minimum Gasteiger partial charge on any atom is -0.422 e. The van der Waals surface area contributed by atoms with Gasteiger partial charge in [-0.2, -0.15) is 0 Å². The molecule has 1 fully saturated rings. The summed E-state index contributed by atoms with van der Waals surface area (Å²) in [6.45, 7) is 3.98. The molecule has 1 aliphatic heterocycles. The molecule has 0 N–H and O–H groups in total. The van der Waals surface area contributed by atoms with Gasteiger partial charge in [0.2, 0.25) is 5.91 Å².